The van der Waals surface area contributed by atoms with Crippen molar-refractivity contribution >= 4 is 47.3 Å². The minimum Gasteiger partial charge on any atom is -0.487 e. The van der Waals surface area contributed by atoms with Crippen LogP contribution in [-0.2, 0) is 15.7 Å². The normalized spacial score (nSPS) is 11.3. The highest BCUT2D eigenvalue weighted by Crippen LogP contribution is 2.30. The van der Waals surface area contributed by atoms with Crippen LogP contribution in [0.5, 0.6) is 5.75 Å². The van der Waals surface area contributed by atoms with Gasteiger partial charge in [-0.2, -0.15) is 0 Å². The molecule has 2 rings (SSSR count). The summed E-state index contributed by atoms with van der Waals surface area (Å²) >= 11 is 8.99. The predicted molar refractivity (Wildman–Crippen MR) is 83.0 cm³/mol. The molecule has 0 unspecified atom stereocenters. The zero-order valence-corrected chi connectivity index (χ0v) is 13.9. The molecule has 0 radical (unpaired) electrons. The van der Waals surface area contributed by atoms with Crippen LogP contribution in [0.1, 0.15) is 5.56 Å². The molecule has 106 valence electrons. The van der Waals surface area contributed by atoms with Crippen molar-refractivity contribution in [3.8, 4) is 5.75 Å². The van der Waals surface area contributed by atoms with Crippen molar-refractivity contribution in [2.75, 3.05) is 0 Å². The summed E-state index contributed by atoms with van der Waals surface area (Å²) in [6, 6.07) is 11.7. The van der Waals surface area contributed by atoms with Crippen molar-refractivity contribution in [3.63, 3.8) is 0 Å². The molecule has 0 atom stereocenters. The van der Waals surface area contributed by atoms with Crippen molar-refractivity contribution in [1.29, 1.82) is 0 Å². The highest BCUT2D eigenvalue weighted by Gasteiger charge is 2.17. The summed E-state index contributed by atoms with van der Waals surface area (Å²) in [4.78, 5) is -0.0671. The van der Waals surface area contributed by atoms with Gasteiger partial charge in [-0.05, 0) is 35.9 Å². The van der Waals surface area contributed by atoms with E-state index in [0.717, 1.165) is 5.56 Å². The minimum absolute atomic E-state index is 0.0671. The van der Waals surface area contributed by atoms with Crippen molar-refractivity contribution in [1.82, 2.24) is 0 Å². The average Bonchev–Trinajstić information content (AvgIpc) is 2.38. The van der Waals surface area contributed by atoms with E-state index in [4.69, 9.17) is 27.0 Å². The maximum Gasteiger partial charge on any atom is 0.265 e. The van der Waals surface area contributed by atoms with Gasteiger partial charge in [0.25, 0.3) is 9.05 Å². The van der Waals surface area contributed by atoms with E-state index in [2.05, 4.69) is 15.9 Å². The molecule has 0 N–H and O–H groups in total. The quantitative estimate of drug-likeness (QED) is 0.710. The van der Waals surface area contributed by atoms with Crippen LogP contribution in [0, 0.1) is 0 Å². The lowest BCUT2D eigenvalue weighted by Gasteiger charge is -2.10. The number of ether oxygens (including phenoxy) is 1. The van der Waals surface area contributed by atoms with Gasteiger partial charge in [-0.3, -0.25) is 0 Å². The van der Waals surface area contributed by atoms with Gasteiger partial charge in [0.15, 0.2) is 0 Å². The number of benzene rings is 2. The second kappa shape index (κ2) is 6.35. The fraction of sp³-hybridized carbons (Fsp3) is 0.0769. The van der Waals surface area contributed by atoms with Gasteiger partial charge >= 0.3 is 0 Å². The van der Waals surface area contributed by atoms with E-state index in [9.17, 15) is 8.42 Å². The summed E-state index contributed by atoms with van der Waals surface area (Å²) in [5.41, 5.74) is 0.871. The van der Waals surface area contributed by atoms with Crippen molar-refractivity contribution in [3.05, 3.63) is 57.5 Å². The molecular formula is C13H9BrCl2O3S. The fourth-order valence-electron chi connectivity index (χ4n) is 1.53. The van der Waals surface area contributed by atoms with E-state index in [1.165, 1.54) is 6.07 Å². The molecule has 0 aliphatic heterocycles. The highest BCUT2D eigenvalue weighted by atomic mass is 79.9. The zero-order valence-electron chi connectivity index (χ0n) is 10.0. The molecular weight excluding hydrogens is 387 g/mol. The molecule has 0 heterocycles. The third kappa shape index (κ3) is 4.12. The van der Waals surface area contributed by atoms with E-state index in [1.807, 2.05) is 0 Å². The Bertz CT molecular complexity index is 715. The molecule has 2 aromatic rings. The summed E-state index contributed by atoms with van der Waals surface area (Å²) in [6.45, 7) is 0.220. The predicted octanol–water partition coefficient (Wildman–Crippen LogP) is 4.61. The van der Waals surface area contributed by atoms with E-state index < -0.39 is 9.05 Å². The van der Waals surface area contributed by atoms with Crippen LogP contribution in [0.15, 0.2) is 51.8 Å². The van der Waals surface area contributed by atoms with Crippen molar-refractivity contribution in [2.24, 2.45) is 0 Å². The number of rotatable bonds is 4. The van der Waals surface area contributed by atoms with Crippen LogP contribution in [0.3, 0.4) is 0 Å². The van der Waals surface area contributed by atoms with Gasteiger partial charge < -0.3 is 4.74 Å². The Hall–Kier alpha value is -0.750. The Morgan fingerprint density at radius 3 is 2.35 bits per heavy atom. The molecule has 2 aromatic carbocycles. The topological polar surface area (TPSA) is 43.4 Å². The largest absolute Gasteiger partial charge is 0.487 e. The number of hydrogen-bond acceptors (Lipinski definition) is 3. The van der Waals surface area contributed by atoms with Gasteiger partial charge in [0.05, 0.1) is 0 Å². The SMILES string of the molecule is O=S(=O)(Cl)c1cc(Br)ccc1OCc1ccc(Cl)cc1. The standard InChI is InChI=1S/C13H9BrCl2O3S/c14-10-3-6-12(13(7-10)20(16,17)18)19-8-9-1-4-11(15)5-2-9/h1-7H,8H2. The summed E-state index contributed by atoms with van der Waals surface area (Å²) in [6.07, 6.45) is 0. The van der Waals surface area contributed by atoms with Crippen LogP contribution in [0.2, 0.25) is 5.02 Å². The molecule has 0 saturated carbocycles. The molecule has 0 fully saturated rings. The van der Waals surface area contributed by atoms with Gasteiger partial charge in [0, 0.05) is 20.2 Å². The van der Waals surface area contributed by atoms with Crippen LogP contribution in [0.4, 0.5) is 0 Å². The first-order valence-electron chi connectivity index (χ1n) is 5.48. The second-order valence-corrected chi connectivity index (χ2v) is 7.83. The number of halogens is 3. The molecule has 0 spiro atoms. The van der Waals surface area contributed by atoms with Crippen molar-refractivity contribution < 1.29 is 13.2 Å². The van der Waals surface area contributed by atoms with Crippen molar-refractivity contribution in [2.45, 2.75) is 11.5 Å². The third-order valence-electron chi connectivity index (χ3n) is 2.48. The molecule has 0 aromatic heterocycles. The zero-order chi connectivity index (χ0) is 14.8. The summed E-state index contributed by atoms with van der Waals surface area (Å²) in [7, 11) is 1.52. The van der Waals surface area contributed by atoms with E-state index in [-0.39, 0.29) is 17.3 Å². The maximum atomic E-state index is 11.5. The molecule has 7 heteroatoms. The summed E-state index contributed by atoms with van der Waals surface area (Å²) in [5.74, 6) is 0.207. The minimum atomic E-state index is -3.87. The third-order valence-corrected chi connectivity index (χ3v) is 4.56. The van der Waals surface area contributed by atoms with Crippen LogP contribution >= 0.6 is 38.2 Å². The Labute approximate surface area is 135 Å². The Balaban J connectivity index is 2.23. The maximum absolute atomic E-state index is 11.5. The summed E-state index contributed by atoms with van der Waals surface area (Å²) < 4.78 is 29.1. The van der Waals surface area contributed by atoms with Crippen LogP contribution < -0.4 is 4.74 Å². The van der Waals surface area contributed by atoms with Gasteiger partial charge in [0.2, 0.25) is 0 Å². The molecule has 20 heavy (non-hydrogen) atoms. The monoisotopic (exact) mass is 394 g/mol. The Morgan fingerprint density at radius 2 is 1.75 bits per heavy atom. The van der Waals surface area contributed by atoms with E-state index in [1.54, 1.807) is 36.4 Å². The highest BCUT2D eigenvalue weighted by molar-refractivity contribution is 9.10. The average molecular weight is 396 g/mol. The van der Waals surface area contributed by atoms with E-state index in [0.29, 0.717) is 9.50 Å². The first-order valence-corrected chi connectivity index (χ1v) is 8.96. The Morgan fingerprint density at radius 1 is 1.10 bits per heavy atom. The molecule has 0 amide bonds. The van der Waals surface area contributed by atoms with Gasteiger partial charge in [-0.25, -0.2) is 8.42 Å². The Kier molecular flexibility index (Phi) is 4.96. The molecule has 3 nitrogen and oxygen atoms in total. The van der Waals surface area contributed by atoms with Crippen LogP contribution in [0.25, 0.3) is 0 Å². The summed E-state index contributed by atoms with van der Waals surface area (Å²) in [5, 5.41) is 0.626. The van der Waals surface area contributed by atoms with Gasteiger partial charge in [-0.15, -0.1) is 0 Å². The van der Waals surface area contributed by atoms with Gasteiger partial charge in [-0.1, -0.05) is 39.7 Å². The van der Waals surface area contributed by atoms with E-state index >= 15 is 0 Å². The molecule has 0 saturated heterocycles. The lowest BCUT2D eigenvalue weighted by Crippen LogP contribution is -2.00. The van der Waals surface area contributed by atoms with Crippen LogP contribution in [-0.4, -0.2) is 8.42 Å². The fourth-order valence-corrected chi connectivity index (χ4v) is 3.17. The van der Waals surface area contributed by atoms with Gasteiger partial charge in [0.1, 0.15) is 17.3 Å². The number of hydrogen-bond donors (Lipinski definition) is 0. The lowest BCUT2D eigenvalue weighted by molar-refractivity contribution is 0.298. The molecule has 0 bridgehead atoms. The first-order chi connectivity index (χ1) is 9.36. The lowest BCUT2D eigenvalue weighted by atomic mass is 10.2. The first kappa shape index (κ1) is 15.6. The second-order valence-electron chi connectivity index (χ2n) is 3.94. The molecule has 0 aliphatic carbocycles. The molecule has 0 aliphatic rings. The smallest absolute Gasteiger partial charge is 0.265 e.